The van der Waals surface area contributed by atoms with Crippen LogP contribution >= 0.6 is 0 Å². The van der Waals surface area contributed by atoms with Crippen molar-refractivity contribution in [3.05, 3.63) is 140 Å². The van der Waals surface area contributed by atoms with Crippen molar-refractivity contribution in [1.82, 2.24) is 9.55 Å². The molecule has 0 amide bonds. The smallest absolute Gasteiger partial charge is 0.330 e. The summed E-state index contributed by atoms with van der Waals surface area (Å²) in [6, 6.07) is 30.7. The number of benzene rings is 3. The molecule has 0 radical (unpaired) electrons. The number of ether oxygens (including phenoxy) is 1. The van der Waals surface area contributed by atoms with Gasteiger partial charge in [-0.25, -0.2) is 4.79 Å². The van der Waals surface area contributed by atoms with E-state index >= 15 is 0 Å². The van der Waals surface area contributed by atoms with Crippen LogP contribution in [0, 0.1) is 6.92 Å². The first-order valence-electron chi connectivity index (χ1n) is 11.8. The van der Waals surface area contributed by atoms with Gasteiger partial charge in [-0.3, -0.25) is 14.3 Å². The van der Waals surface area contributed by atoms with Crippen LogP contribution < -0.4 is 11.2 Å². The average Bonchev–Trinajstić information content (AvgIpc) is 3.25. The molecule has 2 heterocycles. The number of aromatic amines is 1. The predicted molar refractivity (Wildman–Crippen MR) is 134 cm³/mol. The summed E-state index contributed by atoms with van der Waals surface area (Å²) in [7, 11) is 0. The SMILES string of the molecule is Cc1cn([C@H]2CC(O)[C@@H](CC(c3ccccc3)(c3ccccc3)c3ccccc3)O2)c(=O)[nH]c1=O. The third-order valence-electron chi connectivity index (χ3n) is 6.97. The first-order chi connectivity index (χ1) is 17.0. The summed E-state index contributed by atoms with van der Waals surface area (Å²) in [5.74, 6) is 0. The molecule has 178 valence electrons. The highest BCUT2D eigenvalue weighted by molar-refractivity contribution is 5.50. The normalized spacial score (nSPS) is 20.1. The minimum Gasteiger partial charge on any atom is -0.390 e. The maximum Gasteiger partial charge on any atom is 0.330 e. The number of hydrogen-bond donors (Lipinski definition) is 2. The minimum absolute atomic E-state index is 0.254. The summed E-state index contributed by atoms with van der Waals surface area (Å²) in [5, 5.41) is 11.1. The Labute approximate surface area is 203 Å². The molecular weight excluding hydrogens is 440 g/mol. The van der Waals surface area contributed by atoms with Gasteiger partial charge >= 0.3 is 5.69 Å². The van der Waals surface area contributed by atoms with Crippen LogP contribution in [0.15, 0.2) is 107 Å². The summed E-state index contributed by atoms with van der Waals surface area (Å²) in [5.41, 5.74) is 2.14. The number of nitrogens with one attached hydrogen (secondary N) is 1. The van der Waals surface area contributed by atoms with Crippen molar-refractivity contribution in [2.45, 2.75) is 43.6 Å². The minimum atomic E-state index is -0.783. The molecule has 1 aliphatic heterocycles. The molecule has 1 fully saturated rings. The molecule has 35 heavy (non-hydrogen) atoms. The van der Waals surface area contributed by atoms with Crippen LogP contribution in [0.4, 0.5) is 0 Å². The highest BCUT2D eigenvalue weighted by Gasteiger charge is 2.44. The van der Waals surface area contributed by atoms with Gasteiger partial charge in [0.2, 0.25) is 0 Å². The fourth-order valence-electron chi connectivity index (χ4n) is 5.19. The highest BCUT2D eigenvalue weighted by atomic mass is 16.5. The lowest BCUT2D eigenvalue weighted by Gasteiger charge is -2.38. The first-order valence-corrected chi connectivity index (χ1v) is 11.8. The number of nitrogens with zero attached hydrogens (tertiary/aromatic N) is 1. The van der Waals surface area contributed by atoms with Crippen LogP contribution in [-0.4, -0.2) is 26.9 Å². The number of H-pyrrole nitrogens is 1. The molecule has 0 aliphatic carbocycles. The standard InChI is InChI=1S/C29H28N2O4/c1-20-19-31(28(34)30-27(20)33)26-17-24(32)25(35-26)18-29(21-11-5-2-6-12-21,22-13-7-3-8-14-22)23-15-9-4-10-16-23/h2-16,19,24-26,32H,17-18H2,1H3,(H,30,33,34)/t24?,25-,26-/m1/s1. The Morgan fingerprint density at radius 3 is 1.86 bits per heavy atom. The van der Waals surface area contributed by atoms with Crippen LogP contribution in [0.25, 0.3) is 0 Å². The van der Waals surface area contributed by atoms with Gasteiger partial charge in [0.25, 0.3) is 5.56 Å². The van der Waals surface area contributed by atoms with Gasteiger partial charge in [-0.15, -0.1) is 0 Å². The summed E-state index contributed by atoms with van der Waals surface area (Å²) in [6.45, 7) is 1.64. The number of aryl methyl sites for hydroxylation is 1. The highest BCUT2D eigenvalue weighted by Crippen LogP contribution is 2.46. The van der Waals surface area contributed by atoms with Crippen molar-refractivity contribution in [3.8, 4) is 0 Å². The Kier molecular flexibility index (Phi) is 6.24. The maximum atomic E-state index is 12.5. The maximum absolute atomic E-state index is 12.5. The van der Waals surface area contributed by atoms with E-state index < -0.39 is 35.1 Å². The van der Waals surface area contributed by atoms with Crippen molar-refractivity contribution < 1.29 is 9.84 Å². The van der Waals surface area contributed by atoms with E-state index in [0.717, 1.165) is 16.7 Å². The van der Waals surface area contributed by atoms with Gasteiger partial charge in [0.1, 0.15) is 6.23 Å². The Morgan fingerprint density at radius 1 is 0.886 bits per heavy atom. The Bertz CT molecular complexity index is 1300. The second kappa shape index (κ2) is 9.49. The summed E-state index contributed by atoms with van der Waals surface area (Å²) in [4.78, 5) is 26.7. The zero-order chi connectivity index (χ0) is 24.4. The van der Waals surface area contributed by atoms with E-state index in [0.29, 0.717) is 12.0 Å². The molecule has 0 bridgehead atoms. The third-order valence-corrected chi connectivity index (χ3v) is 6.97. The van der Waals surface area contributed by atoms with Gasteiger partial charge in [-0.1, -0.05) is 91.0 Å². The Balaban J connectivity index is 1.60. The van der Waals surface area contributed by atoms with E-state index in [-0.39, 0.29) is 6.42 Å². The Hall–Kier alpha value is -3.74. The molecule has 1 aliphatic rings. The van der Waals surface area contributed by atoms with Crippen molar-refractivity contribution in [2.24, 2.45) is 0 Å². The van der Waals surface area contributed by atoms with Crippen LogP contribution in [0.1, 0.15) is 41.3 Å². The lowest BCUT2D eigenvalue weighted by molar-refractivity contribution is -0.0302. The summed E-state index contributed by atoms with van der Waals surface area (Å²) < 4.78 is 7.72. The van der Waals surface area contributed by atoms with Crippen molar-refractivity contribution in [1.29, 1.82) is 0 Å². The van der Waals surface area contributed by atoms with Gasteiger partial charge in [-0.05, 0) is 30.0 Å². The molecule has 0 saturated carbocycles. The lowest BCUT2D eigenvalue weighted by atomic mass is 9.66. The molecule has 2 N–H and O–H groups in total. The largest absolute Gasteiger partial charge is 0.390 e. The number of hydrogen-bond acceptors (Lipinski definition) is 4. The van der Waals surface area contributed by atoms with Crippen molar-refractivity contribution in [3.63, 3.8) is 0 Å². The second-order valence-electron chi connectivity index (χ2n) is 9.12. The molecule has 1 saturated heterocycles. The van der Waals surface area contributed by atoms with Crippen molar-refractivity contribution >= 4 is 0 Å². The van der Waals surface area contributed by atoms with Gasteiger partial charge in [0, 0.05) is 23.6 Å². The van der Waals surface area contributed by atoms with E-state index in [1.54, 1.807) is 6.92 Å². The molecule has 6 heteroatoms. The molecule has 3 aromatic carbocycles. The zero-order valence-electron chi connectivity index (χ0n) is 19.5. The first kappa shape index (κ1) is 23.0. The molecule has 1 unspecified atom stereocenters. The van der Waals surface area contributed by atoms with E-state index in [1.807, 2.05) is 54.6 Å². The van der Waals surface area contributed by atoms with Gasteiger partial charge in [0.15, 0.2) is 0 Å². The average molecular weight is 469 g/mol. The van der Waals surface area contributed by atoms with Crippen LogP contribution in [0.3, 0.4) is 0 Å². The quantitative estimate of drug-likeness (QED) is 0.420. The second-order valence-corrected chi connectivity index (χ2v) is 9.12. The fourth-order valence-corrected chi connectivity index (χ4v) is 5.19. The summed E-state index contributed by atoms with van der Waals surface area (Å²) in [6.07, 6.45) is 0.233. The number of aliphatic hydroxyl groups is 1. The van der Waals surface area contributed by atoms with Gasteiger partial charge in [0.05, 0.1) is 12.2 Å². The van der Waals surface area contributed by atoms with E-state index in [2.05, 4.69) is 41.4 Å². The van der Waals surface area contributed by atoms with Crippen LogP contribution in [-0.2, 0) is 10.2 Å². The summed E-state index contributed by atoms with van der Waals surface area (Å²) >= 11 is 0. The zero-order valence-corrected chi connectivity index (χ0v) is 19.5. The van der Waals surface area contributed by atoms with E-state index in [9.17, 15) is 14.7 Å². The van der Waals surface area contributed by atoms with Crippen LogP contribution in [0.2, 0.25) is 0 Å². The third kappa shape index (κ3) is 4.27. The van der Waals surface area contributed by atoms with E-state index in [1.165, 1.54) is 10.8 Å². The fraction of sp³-hybridized carbons (Fsp3) is 0.241. The van der Waals surface area contributed by atoms with Crippen LogP contribution in [0.5, 0.6) is 0 Å². The van der Waals surface area contributed by atoms with Crippen molar-refractivity contribution in [2.75, 3.05) is 0 Å². The van der Waals surface area contributed by atoms with E-state index in [4.69, 9.17) is 4.74 Å². The monoisotopic (exact) mass is 468 g/mol. The molecule has 3 atom stereocenters. The number of aromatic nitrogens is 2. The van der Waals surface area contributed by atoms with Gasteiger partial charge in [-0.2, -0.15) is 0 Å². The molecule has 5 rings (SSSR count). The molecule has 4 aromatic rings. The number of rotatable bonds is 6. The Morgan fingerprint density at radius 2 is 1.37 bits per heavy atom. The molecule has 6 nitrogen and oxygen atoms in total. The van der Waals surface area contributed by atoms with Gasteiger partial charge < -0.3 is 9.84 Å². The molecule has 0 spiro atoms. The topological polar surface area (TPSA) is 84.3 Å². The molecular formula is C29H28N2O4. The lowest BCUT2D eigenvalue weighted by Crippen LogP contribution is -2.37. The molecule has 1 aromatic heterocycles. The predicted octanol–water partition coefficient (Wildman–Crippen LogP) is 3.92. The number of aliphatic hydroxyl groups excluding tert-OH is 1.